The van der Waals surface area contributed by atoms with Crippen molar-refractivity contribution in [1.82, 2.24) is 4.98 Å². The first kappa shape index (κ1) is 5.81. The van der Waals surface area contributed by atoms with E-state index in [9.17, 15) is 4.91 Å². The summed E-state index contributed by atoms with van der Waals surface area (Å²) in [6.07, 6.45) is 0. The highest BCUT2D eigenvalue weighted by atomic mass is 16.3. The van der Waals surface area contributed by atoms with Crippen LogP contribution >= 0.6 is 0 Å². The van der Waals surface area contributed by atoms with Crippen LogP contribution < -0.4 is 0 Å². The largest absolute Gasteiger partial charge is 0.494 e. The Kier molecular flexibility index (Phi) is 1.22. The van der Waals surface area contributed by atoms with Gasteiger partial charge in [-0.2, -0.15) is 0 Å². The molecule has 0 bridgehead atoms. The molecular weight excluding hydrogens is 120 g/mol. The van der Waals surface area contributed by atoms with Gasteiger partial charge in [0.05, 0.1) is 0 Å². The number of hydrogen-bond acceptors (Lipinski definition) is 3. The van der Waals surface area contributed by atoms with Crippen molar-refractivity contribution in [2.24, 2.45) is 5.18 Å². The van der Waals surface area contributed by atoms with Gasteiger partial charge in [0.2, 0.25) is 0 Å². The maximum atomic E-state index is 9.78. The summed E-state index contributed by atoms with van der Waals surface area (Å²) in [6, 6.07) is 1.47. The number of rotatable bonds is 1. The summed E-state index contributed by atoms with van der Waals surface area (Å²) < 4.78 is 0. The molecule has 0 aliphatic carbocycles. The van der Waals surface area contributed by atoms with Gasteiger partial charge in [-0.25, -0.2) is 0 Å². The Labute approximate surface area is 51.5 Å². The molecule has 48 valence electrons. The van der Waals surface area contributed by atoms with Crippen LogP contribution in [-0.2, 0) is 0 Å². The molecule has 9 heavy (non-hydrogen) atoms. The highest BCUT2D eigenvalue weighted by Crippen LogP contribution is 2.20. The molecule has 4 nitrogen and oxygen atoms in total. The van der Waals surface area contributed by atoms with E-state index in [1.165, 1.54) is 6.07 Å². The summed E-state index contributed by atoms with van der Waals surface area (Å²) in [6.45, 7) is 1.68. The molecule has 0 spiro atoms. The van der Waals surface area contributed by atoms with Gasteiger partial charge in [-0.05, 0) is 18.2 Å². The van der Waals surface area contributed by atoms with Crippen molar-refractivity contribution in [2.75, 3.05) is 0 Å². The van der Waals surface area contributed by atoms with Crippen LogP contribution in [0, 0.1) is 11.8 Å². The third-order valence-corrected chi connectivity index (χ3v) is 1.07. The summed E-state index contributed by atoms with van der Waals surface area (Å²) in [5, 5.41) is 11.4. The maximum absolute atomic E-state index is 9.78. The second kappa shape index (κ2) is 1.89. The molecule has 0 aliphatic rings. The fourth-order valence-electron chi connectivity index (χ4n) is 0.579. The Hall–Kier alpha value is -1.32. The van der Waals surface area contributed by atoms with Gasteiger partial charge in [-0.15, -0.1) is 4.91 Å². The van der Waals surface area contributed by atoms with Gasteiger partial charge in [0.1, 0.15) is 0 Å². The number of nitrogens with zero attached hydrogens (tertiary/aromatic N) is 1. The van der Waals surface area contributed by atoms with E-state index in [0.29, 0.717) is 5.56 Å². The lowest BCUT2D eigenvalue weighted by atomic mass is 10.4. The molecule has 0 saturated heterocycles. The van der Waals surface area contributed by atoms with Gasteiger partial charge in [-0.3, -0.25) is 0 Å². The Morgan fingerprint density at radius 2 is 2.44 bits per heavy atom. The Balaban J connectivity index is 3.11. The number of hydrogen-bond donors (Lipinski definition) is 2. The van der Waals surface area contributed by atoms with Crippen molar-refractivity contribution < 1.29 is 5.11 Å². The standard InChI is InChI=1S/C5H6N2O2/c1-3-2-4(7-9)6-5(3)8/h2,6,8H,1H3. The first-order valence-electron chi connectivity index (χ1n) is 2.46. The Morgan fingerprint density at radius 3 is 2.67 bits per heavy atom. The fraction of sp³-hybridized carbons (Fsp3) is 0.200. The van der Waals surface area contributed by atoms with E-state index >= 15 is 0 Å². The summed E-state index contributed by atoms with van der Waals surface area (Å²) >= 11 is 0. The zero-order chi connectivity index (χ0) is 6.85. The topological polar surface area (TPSA) is 65.5 Å². The van der Waals surface area contributed by atoms with Crippen LogP contribution in [0.5, 0.6) is 5.88 Å². The Bertz CT molecular complexity index is 209. The first-order chi connectivity index (χ1) is 4.24. The minimum Gasteiger partial charge on any atom is -0.494 e. The maximum Gasteiger partial charge on any atom is 0.193 e. The summed E-state index contributed by atoms with van der Waals surface area (Å²) in [5.41, 5.74) is 0.629. The number of nitrogens with one attached hydrogen (secondary N) is 1. The summed E-state index contributed by atoms with van der Waals surface area (Å²) in [4.78, 5) is 12.2. The molecule has 0 saturated carbocycles. The Morgan fingerprint density at radius 1 is 1.78 bits per heavy atom. The number of aryl methyl sites for hydroxylation is 1. The van der Waals surface area contributed by atoms with E-state index in [0.717, 1.165) is 0 Å². The third-order valence-electron chi connectivity index (χ3n) is 1.07. The lowest BCUT2D eigenvalue weighted by Gasteiger charge is -1.80. The molecule has 2 N–H and O–H groups in total. The van der Waals surface area contributed by atoms with E-state index in [4.69, 9.17) is 5.11 Å². The van der Waals surface area contributed by atoms with Crippen LogP contribution in [0.25, 0.3) is 0 Å². The van der Waals surface area contributed by atoms with Gasteiger partial charge in [0, 0.05) is 5.56 Å². The smallest absolute Gasteiger partial charge is 0.193 e. The molecule has 1 rings (SSSR count). The number of aromatic nitrogens is 1. The quantitative estimate of drug-likeness (QED) is 0.559. The number of H-pyrrole nitrogens is 1. The molecule has 1 aromatic heterocycles. The van der Waals surface area contributed by atoms with Crippen molar-refractivity contribution in [3.05, 3.63) is 16.5 Å². The van der Waals surface area contributed by atoms with E-state index in [1.807, 2.05) is 0 Å². The molecule has 0 radical (unpaired) electrons. The third kappa shape index (κ3) is 0.910. The van der Waals surface area contributed by atoms with Crippen molar-refractivity contribution in [2.45, 2.75) is 6.92 Å². The monoisotopic (exact) mass is 126 g/mol. The highest BCUT2D eigenvalue weighted by Gasteiger charge is 2.00. The van der Waals surface area contributed by atoms with Gasteiger partial charge in [0.15, 0.2) is 11.7 Å². The van der Waals surface area contributed by atoms with Crippen LogP contribution in [-0.4, -0.2) is 10.1 Å². The number of nitroso groups, excluding NO2 is 1. The van der Waals surface area contributed by atoms with Crippen molar-refractivity contribution in [1.29, 1.82) is 0 Å². The fourth-order valence-corrected chi connectivity index (χ4v) is 0.579. The van der Waals surface area contributed by atoms with E-state index in [1.54, 1.807) is 6.92 Å². The predicted octanol–water partition coefficient (Wildman–Crippen LogP) is 1.43. The second-order valence-corrected chi connectivity index (χ2v) is 1.78. The molecule has 0 unspecified atom stereocenters. The molecule has 0 atom stereocenters. The van der Waals surface area contributed by atoms with Crippen LogP contribution in [0.15, 0.2) is 11.2 Å². The first-order valence-corrected chi connectivity index (χ1v) is 2.46. The summed E-state index contributed by atoms with van der Waals surface area (Å²) in [5.74, 6) is 0.162. The molecule has 4 heteroatoms. The molecule has 0 aromatic carbocycles. The second-order valence-electron chi connectivity index (χ2n) is 1.78. The average Bonchev–Trinajstić information content (AvgIpc) is 2.13. The van der Waals surface area contributed by atoms with Crippen molar-refractivity contribution >= 4 is 5.82 Å². The van der Waals surface area contributed by atoms with Crippen LogP contribution in [0.4, 0.5) is 5.82 Å². The van der Waals surface area contributed by atoms with Gasteiger partial charge >= 0.3 is 0 Å². The zero-order valence-electron chi connectivity index (χ0n) is 4.88. The van der Waals surface area contributed by atoms with E-state index in [-0.39, 0.29) is 11.7 Å². The van der Waals surface area contributed by atoms with Gasteiger partial charge < -0.3 is 10.1 Å². The molecule has 1 aromatic rings. The van der Waals surface area contributed by atoms with Crippen molar-refractivity contribution in [3.63, 3.8) is 0 Å². The number of aromatic amines is 1. The lowest BCUT2D eigenvalue weighted by Crippen LogP contribution is -1.62. The normalized spacial score (nSPS) is 9.44. The lowest BCUT2D eigenvalue weighted by molar-refractivity contribution is 0.453. The van der Waals surface area contributed by atoms with E-state index in [2.05, 4.69) is 10.2 Å². The van der Waals surface area contributed by atoms with E-state index < -0.39 is 0 Å². The SMILES string of the molecule is Cc1cc(N=O)[nH]c1O. The molecule has 0 amide bonds. The van der Waals surface area contributed by atoms with Gasteiger partial charge in [-0.1, -0.05) is 0 Å². The van der Waals surface area contributed by atoms with Crippen LogP contribution in [0.1, 0.15) is 5.56 Å². The van der Waals surface area contributed by atoms with Crippen LogP contribution in [0.2, 0.25) is 0 Å². The van der Waals surface area contributed by atoms with Crippen LogP contribution in [0.3, 0.4) is 0 Å². The predicted molar refractivity (Wildman–Crippen MR) is 32.6 cm³/mol. The minimum absolute atomic E-state index is 0.00426. The molecule has 1 heterocycles. The van der Waals surface area contributed by atoms with Gasteiger partial charge in [0.25, 0.3) is 0 Å². The minimum atomic E-state index is 0.00426. The summed E-state index contributed by atoms with van der Waals surface area (Å²) in [7, 11) is 0. The molecular formula is C5H6N2O2. The number of aromatic hydroxyl groups is 1. The zero-order valence-corrected chi connectivity index (χ0v) is 4.88. The van der Waals surface area contributed by atoms with Crippen molar-refractivity contribution in [3.8, 4) is 5.88 Å². The molecule has 0 fully saturated rings. The average molecular weight is 126 g/mol. The molecule has 0 aliphatic heterocycles. The highest BCUT2D eigenvalue weighted by molar-refractivity contribution is 5.39.